The van der Waals surface area contributed by atoms with Crippen LogP contribution in [0, 0.1) is 5.82 Å². The van der Waals surface area contributed by atoms with Gasteiger partial charge in [-0.05, 0) is 31.2 Å². The van der Waals surface area contributed by atoms with Gasteiger partial charge in [0.2, 0.25) is 0 Å². The van der Waals surface area contributed by atoms with Gasteiger partial charge < -0.3 is 24.7 Å². The van der Waals surface area contributed by atoms with Gasteiger partial charge in [0.1, 0.15) is 35.4 Å². The van der Waals surface area contributed by atoms with Crippen molar-refractivity contribution < 1.29 is 31.6 Å². The maximum atomic E-state index is 15.5. The lowest BCUT2D eigenvalue weighted by atomic mass is 9.97. The van der Waals surface area contributed by atoms with E-state index in [1.54, 1.807) is 23.6 Å². The Labute approximate surface area is 219 Å². The predicted octanol–water partition coefficient (Wildman–Crippen LogP) is 4.52. The first-order valence-corrected chi connectivity index (χ1v) is 11.9. The molecule has 4 aromatic rings. The van der Waals surface area contributed by atoms with Crippen LogP contribution < -0.4 is 15.2 Å². The number of aromatic nitrogens is 3. The molecule has 0 aliphatic carbocycles. The summed E-state index contributed by atoms with van der Waals surface area (Å²) in [6, 6.07) is 6.66. The smallest absolute Gasteiger partial charge is 0.387 e. The van der Waals surface area contributed by atoms with Crippen molar-refractivity contribution >= 4 is 16.9 Å². The minimum Gasteiger partial charge on any atom is -0.489 e. The Morgan fingerprint density at radius 3 is 2.89 bits per heavy atom. The number of fused-ring (bicyclic) bond motifs is 10. The molecule has 0 saturated heterocycles. The second kappa shape index (κ2) is 7.70. The Morgan fingerprint density at radius 1 is 1.26 bits per heavy atom. The number of ether oxygens (including phenoxy) is 2. The maximum absolute atomic E-state index is 15.5. The highest BCUT2D eigenvalue weighted by Gasteiger charge is 2.45. The van der Waals surface area contributed by atoms with Crippen LogP contribution in [0.15, 0.2) is 42.6 Å². The second-order valence-electron chi connectivity index (χ2n) is 9.98. The topological polar surface area (TPSA) is 95.5 Å². The zero-order valence-corrected chi connectivity index (χ0v) is 19.9. The fourth-order valence-electron chi connectivity index (χ4n) is 5.78. The van der Waals surface area contributed by atoms with Gasteiger partial charge in [-0.2, -0.15) is 8.78 Å². The molecule has 0 unspecified atom stereocenters. The molecule has 0 spiro atoms. The van der Waals surface area contributed by atoms with Crippen molar-refractivity contribution in [3.63, 3.8) is 0 Å². The molecule has 194 valence electrons. The molecule has 8 nitrogen and oxygen atoms in total. The molecule has 0 radical (unpaired) electrons. The maximum Gasteiger partial charge on any atom is 0.387 e. The minimum atomic E-state index is -3.18. The summed E-state index contributed by atoms with van der Waals surface area (Å²) in [5.74, 6) is -1.07. The van der Waals surface area contributed by atoms with Crippen molar-refractivity contribution in [1.29, 1.82) is 0 Å². The van der Waals surface area contributed by atoms with Gasteiger partial charge in [-0.1, -0.05) is 6.07 Å². The summed E-state index contributed by atoms with van der Waals surface area (Å²) in [6.45, 7) is -4.04. The largest absolute Gasteiger partial charge is 0.489 e. The number of halogens is 3. The molecule has 11 heteroatoms. The Kier molecular flexibility index (Phi) is 4.04. The molecule has 7 rings (SSSR count). The quantitative estimate of drug-likeness (QED) is 0.423. The van der Waals surface area contributed by atoms with Gasteiger partial charge in [0.15, 0.2) is 0 Å². The van der Waals surface area contributed by atoms with E-state index in [0.717, 1.165) is 4.90 Å². The van der Waals surface area contributed by atoms with E-state index in [0.29, 0.717) is 22.5 Å². The number of alkyl halides is 2. The number of nitrogens with two attached hydrogens (primary N) is 1. The number of benzene rings is 2. The lowest BCUT2D eigenvalue weighted by molar-refractivity contribution is -0.0507. The molecule has 38 heavy (non-hydrogen) atoms. The fraction of sp³-hybridized carbons (Fsp3) is 0.296. The van der Waals surface area contributed by atoms with Crippen LogP contribution in [0.2, 0.25) is 0 Å². The summed E-state index contributed by atoms with van der Waals surface area (Å²) < 4.78 is 78.9. The zero-order valence-electron chi connectivity index (χ0n) is 22.9. The van der Waals surface area contributed by atoms with E-state index in [1.807, 2.05) is 0 Å². The molecule has 2 N–H and O–H groups in total. The average Bonchev–Trinajstić information content (AvgIpc) is 3.49. The number of hydrogen-bond acceptors (Lipinski definition) is 6. The van der Waals surface area contributed by atoms with Crippen LogP contribution in [0.5, 0.6) is 11.5 Å². The summed E-state index contributed by atoms with van der Waals surface area (Å²) in [5, 5.41) is 0. The van der Waals surface area contributed by atoms with Crippen LogP contribution in [0.1, 0.15) is 57.0 Å². The predicted molar refractivity (Wildman–Crippen MR) is 131 cm³/mol. The van der Waals surface area contributed by atoms with Gasteiger partial charge in [-0.25, -0.2) is 9.37 Å². The first-order chi connectivity index (χ1) is 19.3. The highest BCUT2D eigenvalue weighted by molar-refractivity contribution is 5.98. The molecule has 3 atom stereocenters. The molecule has 2 aromatic carbocycles. The third-order valence-electron chi connectivity index (χ3n) is 7.47. The molecule has 0 saturated carbocycles. The molecule has 3 aliphatic heterocycles. The first kappa shape index (κ1) is 19.9. The fourth-order valence-corrected chi connectivity index (χ4v) is 5.78. The van der Waals surface area contributed by atoms with Crippen LogP contribution in [-0.2, 0) is 5.54 Å². The standard InChI is InChI=1S/C27H22F3N5O3/c1-27(31)11-37-21-6-12(10-32-23(21)27)14-7-17-16(8-15(14)28)33-24-19-9-18(35(17)24)22-13(25(36)34(19)2)4-3-5-20(22)38-26(29)30/h3-8,10,18-19,26H,9,11,31H2,1-2H3/t18-,19-,27+/m1/s1/i2D3. The SMILES string of the molecule is [2H]C([2H])([2H])N1C(=O)c2cccc(OC(F)F)c2[C@H]2C[C@@H]1c1nc3cc(F)c(-c4cnc5c(c4)OC[C@]5(C)N)cc3n12. The summed E-state index contributed by atoms with van der Waals surface area (Å²) in [6.07, 6.45) is 1.54. The van der Waals surface area contributed by atoms with Crippen molar-refractivity contribution in [2.45, 2.75) is 37.6 Å². The molecule has 3 aliphatic rings. The summed E-state index contributed by atoms with van der Waals surface area (Å²) in [5.41, 5.74) is 7.27. The Morgan fingerprint density at radius 2 is 2.11 bits per heavy atom. The van der Waals surface area contributed by atoms with Gasteiger partial charge >= 0.3 is 6.61 Å². The molecule has 2 aromatic heterocycles. The van der Waals surface area contributed by atoms with Gasteiger partial charge in [0, 0.05) is 52.0 Å². The van der Waals surface area contributed by atoms with Crippen molar-refractivity contribution in [3.05, 3.63) is 71.1 Å². The Hall–Kier alpha value is -4.12. The number of nitrogens with zero attached hydrogens (tertiary/aromatic N) is 4. The molecule has 5 heterocycles. The van der Waals surface area contributed by atoms with Gasteiger partial charge in [-0.3, -0.25) is 9.78 Å². The van der Waals surface area contributed by atoms with Crippen LogP contribution >= 0.6 is 0 Å². The third kappa shape index (κ3) is 3.11. The van der Waals surface area contributed by atoms with Gasteiger partial charge in [0.25, 0.3) is 5.91 Å². The molecular formula is C27H22F3N5O3. The second-order valence-corrected chi connectivity index (χ2v) is 9.98. The van der Waals surface area contributed by atoms with E-state index in [2.05, 4.69) is 9.97 Å². The molecule has 1 amide bonds. The third-order valence-corrected chi connectivity index (χ3v) is 7.47. The van der Waals surface area contributed by atoms with Crippen molar-refractivity contribution in [3.8, 4) is 22.6 Å². The van der Waals surface area contributed by atoms with Gasteiger partial charge in [-0.15, -0.1) is 0 Å². The number of amides is 1. The van der Waals surface area contributed by atoms with E-state index in [4.69, 9.17) is 19.3 Å². The van der Waals surface area contributed by atoms with Crippen LogP contribution in [0.4, 0.5) is 13.2 Å². The molecule has 2 bridgehead atoms. The Bertz CT molecular complexity index is 1770. The highest BCUT2D eigenvalue weighted by Crippen LogP contribution is 2.50. The van der Waals surface area contributed by atoms with Crippen molar-refractivity contribution in [2.75, 3.05) is 13.6 Å². The number of hydrogen-bond donors (Lipinski definition) is 1. The average molecular weight is 525 g/mol. The lowest BCUT2D eigenvalue weighted by Crippen LogP contribution is -2.35. The van der Waals surface area contributed by atoms with Gasteiger partial charge in [0.05, 0.1) is 28.7 Å². The number of pyridine rings is 1. The first-order valence-electron chi connectivity index (χ1n) is 13.4. The van der Waals surface area contributed by atoms with E-state index >= 15 is 4.39 Å². The van der Waals surface area contributed by atoms with Crippen LogP contribution in [0.25, 0.3) is 22.2 Å². The number of carbonyl (C=O) groups excluding carboxylic acids is 1. The molecular weight excluding hydrogens is 499 g/mol. The van der Waals surface area contributed by atoms with Crippen molar-refractivity contribution in [2.24, 2.45) is 5.73 Å². The Balaban J connectivity index is 1.46. The van der Waals surface area contributed by atoms with E-state index in [1.165, 1.54) is 30.5 Å². The lowest BCUT2D eigenvalue weighted by Gasteiger charge is -2.24. The van der Waals surface area contributed by atoms with Crippen LogP contribution in [-0.4, -0.2) is 45.5 Å². The number of rotatable bonds is 3. The normalized spacial score (nSPS) is 24.8. The van der Waals surface area contributed by atoms with Crippen molar-refractivity contribution in [1.82, 2.24) is 19.4 Å². The highest BCUT2D eigenvalue weighted by atomic mass is 19.3. The van der Waals surface area contributed by atoms with E-state index in [9.17, 15) is 13.6 Å². The number of carbonyl (C=O) groups is 1. The van der Waals surface area contributed by atoms with Crippen LogP contribution in [0.3, 0.4) is 0 Å². The summed E-state index contributed by atoms with van der Waals surface area (Å²) >= 11 is 0. The minimum absolute atomic E-state index is 0.0506. The zero-order chi connectivity index (χ0) is 29.0. The summed E-state index contributed by atoms with van der Waals surface area (Å²) in [4.78, 5) is 23.3. The molecule has 0 fully saturated rings. The summed E-state index contributed by atoms with van der Waals surface area (Å²) in [7, 11) is 0. The number of imidazole rings is 1. The van der Waals surface area contributed by atoms with E-state index < -0.39 is 42.9 Å². The van der Waals surface area contributed by atoms with E-state index in [-0.39, 0.29) is 46.8 Å². The monoisotopic (exact) mass is 524 g/mol.